The lowest BCUT2D eigenvalue weighted by Crippen LogP contribution is -2.37. The predicted octanol–water partition coefficient (Wildman–Crippen LogP) is 3.46. The largest absolute Gasteiger partial charge is 0.326 e. The van der Waals surface area contributed by atoms with E-state index in [0.717, 1.165) is 65.4 Å². The Morgan fingerprint density at radius 1 is 0.900 bits per heavy atom. The summed E-state index contributed by atoms with van der Waals surface area (Å²) in [5.41, 5.74) is 3.63. The van der Waals surface area contributed by atoms with Gasteiger partial charge in [0.2, 0.25) is 0 Å². The van der Waals surface area contributed by atoms with Crippen LogP contribution in [0.2, 0.25) is 0 Å². The minimum Gasteiger partial charge on any atom is -0.306 e. The third-order valence-electron chi connectivity index (χ3n) is 6.14. The maximum absolute atomic E-state index is 12.5. The molecule has 0 aliphatic carbocycles. The van der Waals surface area contributed by atoms with E-state index in [1.54, 1.807) is 0 Å². The molecule has 0 unspecified atom stereocenters. The molecule has 0 bridgehead atoms. The van der Waals surface area contributed by atoms with E-state index >= 15 is 0 Å². The number of H-pyrrole nitrogens is 2. The first-order valence-electron chi connectivity index (χ1n) is 10.4. The first kappa shape index (κ1) is 19.4. The summed E-state index contributed by atoms with van der Waals surface area (Å²) in [6.07, 6.45) is 2.83. The van der Waals surface area contributed by atoms with Crippen LogP contribution in [0.1, 0.15) is 25.3 Å². The lowest BCUT2D eigenvalue weighted by atomic mass is 10.0. The van der Waals surface area contributed by atoms with Crippen LogP contribution >= 0.6 is 15.9 Å². The van der Waals surface area contributed by atoms with E-state index in [2.05, 4.69) is 30.8 Å². The fourth-order valence-electron chi connectivity index (χ4n) is 4.65. The van der Waals surface area contributed by atoms with E-state index in [1.165, 1.54) is 0 Å². The van der Waals surface area contributed by atoms with Gasteiger partial charge in [0.15, 0.2) is 0 Å². The lowest BCUT2D eigenvalue weighted by Gasteiger charge is -2.32. The van der Waals surface area contributed by atoms with Gasteiger partial charge in [-0.05, 0) is 56.1 Å². The van der Waals surface area contributed by atoms with Gasteiger partial charge in [0, 0.05) is 30.1 Å². The summed E-state index contributed by atoms with van der Waals surface area (Å²) in [5.74, 6) is 0. The molecule has 7 nitrogen and oxygen atoms in total. The average Bonchev–Trinajstić information content (AvgIpc) is 3.23. The fraction of sp³-hybridized carbons (Fsp3) is 0.364. The van der Waals surface area contributed by atoms with Crippen LogP contribution in [0.4, 0.5) is 0 Å². The fourth-order valence-corrected chi connectivity index (χ4v) is 5.01. The number of nitrogens with zero attached hydrogens (tertiary/aromatic N) is 3. The Morgan fingerprint density at radius 2 is 1.67 bits per heavy atom. The zero-order chi connectivity index (χ0) is 20.7. The highest BCUT2D eigenvalue weighted by Crippen LogP contribution is 2.26. The Labute approximate surface area is 181 Å². The van der Waals surface area contributed by atoms with Crippen molar-refractivity contribution >= 4 is 38.0 Å². The van der Waals surface area contributed by atoms with Crippen LogP contribution in [0.15, 0.2) is 56.5 Å². The number of rotatable bonds is 5. The van der Waals surface area contributed by atoms with Gasteiger partial charge in [-0.15, -0.1) is 0 Å². The number of imidazole rings is 2. The van der Waals surface area contributed by atoms with Gasteiger partial charge < -0.3 is 14.9 Å². The summed E-state index contributed by atoms with van der Waals surface area (Å²) in [5, 5.41) is 0. The van der Waals surface area contributed by atoms with Crippen molar-refractivity contribution in [3.63, 3.8) is 0 Å². The Morgan fingerprint density at radius 3 is 2.50 bits per heavy atom. The molecule has 0 atom stereocenters. The van der Waals surface area contributed by atoms with Gasteiger partial charge in [-0.2, -0.15) is 0 Å². The molecule has 2 aromatic carbocycles. The molecule has 5 rings (SSSR count). The molecule has 1 aliphatic rings. The number of para-hydroxylation sites is 2. The van der Waals surface area contributed by atoms with Gasteiger partial charge in [-0.3, -0.25) is 9.13 Å². The number of aryl methyl sites for hydroxylation is 1. The van der Waals surface area contributed by atoms with Crippen molar-refractivity contribution in [2.45, 2.75) is 31.8 Å². The maximum atomic E-state index is 12.5. The standard InChI is InChI=1S/C22H24BrN5O2/c23-15-6-7-20-18(14-15)25-22(30)28(20)16-8-12-26(13-9-16)10-3-11-27-19-5-2-1-4-17(19)24-21(27)29/h1-2,4-7,14,16H,3,8-13H2,(H,24,29)(H,25,30). The predicted molar refractivity (Wildman–Crippen MR) is 122 cm³/mol. The van der Waals surface area contributed by atoms with E-state index in [-0.39, 0.29) is 17.4 Å². The number of hydrogen-bond donors (Lipinski definition) is 2. The van der Waals surface area contributed by atoms with E-state index in [9.17, 15) is 9.59 Å². The van der Waals surface area contributed by atoms with E-state index in [1.807, 2.05) is 51.6 Å². The number of likely N-dealkylation sites (tertiary alicyclic amines) is 1. The van der Waals surface area contributed by atoms with Crippen molar-refractivity contribution in [3.05, 3.63) is 67.9 Å². The van der Waals surface area contributed by atoms with Crippen LogP contribution in [-0.4, -0.2) is 43.6 Å². The molecular formula is C22H24BrN5O2. The molecule has 0 amide bonds. The third-order valence-corrected chi connectivity index (χ3v) is 6.63. The molecule has 4 aromatic rings. The Bertz CT molecular complexity index is 1310. The highest BCUT2D eigenvalue weighted by Gasteiger charge is 2.23. The topological polar surface area (TPSA) is 78.8 Å². The summed E-state index contributed by atoms with van der Waals surface area (Å²) in [6, 6.07) is 14.0. The van der Waals surface area contributed by atoms with E-state index < -0.39 is 0 Å². The Balaban J connectivity index is 1.21. The molecule has 0 saturated carbocycles. The van der Waals surface area contributed by atoms with E-state index in [4.69, 9.17) is 0 Å². The molecule has 3 heterocycles. The van der Waals surface area contributed by atoms with Crippen molar-refractivity contribution in [2.75, 3.05) is 19.6 Å². The van der Waals surface area contributed by atoms with Crippen LogP contribution in [0.5, 0.6) is 0 Å². The first-order chi connectivity index (χ1) is 14.6. The number of fused-ring (bicyclic) bond motifs is 2. The van der Waals surface area contributed by atoms with Gasteiger partial charge in [0.05, 0.1) is 22.1 Å². The molecule has 0 radical (unpaired) electrons. The zero-order valence-electron chi connectivity index (χ0n) is 16.6. The Kier molecular flexibility index (Phi) is 5.12. The van der Waals surface area contributed by atoms with E-state index in [0.29, 0.717) is 6.54 Å². The van der Waals surface area contributed by atoms with Gasteiger partial charge in [0.25, 0.3) is 0 Å². The summed E-state index contributed by atoms with van der Waals surface area (Å²) in [6.45, 7) is 3.58. The summed E-state index contributed by atoms with van der Waals surface area (Å²) < 4.78 is 4.71. The van der Waals surface area contributed by atoms with Gasteiger partial charge in [0.1, 0.15) is 0 Å². The van der Waals surface area contributed by atoms with Gasteiger partial charge in [-0.25, -0.2) is 9.59 Å². The lowest BCUT2D eigenvalue weighted by molar-refractivity contribution is 0.183. The SMILES string of the molecule is O=c1[nH]c2ccccc2n1CCCN1CCC(n2c(=O)[nH]c3cc(Br)ccc32)CC1. The highest BCUT2D eigenvalue weighted by molar-refractivity contribution is 9.10. The number of benzene rings is 2. The molecule has 0 spiro atoms. The maximum Gasteiger partial charge on any atom is 0.326 e. The van der Waals surface area contributed by atoms with Gasteiger partial charge >= 0.3 is 11.4 Å². The zero-order valence-corrected chi connectivity index (χ0v) is 18.2. The summed E-state index contributed by atoms with van der Waals surface area (Å²) >= 11 is 3.46. The first-order valence-corrected chi connectivity index (χ1v) is 11.2. The van der Waals surface area contributed by atoms with Crippen LogP contribution < -0.4 is 11.4 Å². The summed E-state index contributed by atoms with van der Waals surface area (Å²) in [7, 11) is 0. The second kappa shape index (κ2) is 7.92. The smallest absolute Gasteiger partial charge is 0.306 e. The molecule has 1 fully saturated rings. The molecule has 1 aliphatic heterocycles. The van der Waals surface area contributed by atoms with Gasteiger partial charge in [-0.1, -0.05) is 28.1 Å². The van der Waals surface area contributed by atoms with Crippen molar-refractivity contribution in [3.8, 4) is 0 Å². The normalized spacial score (nSPS) is 16.0. The average molecular weight is 470 g/mol. The quantitative estimate of drug-likeness (QED) is 0.469. The number of piperidine rings is 1. The molecule has 2 N–H and O–H groups in total. The monoisotopic (exact) mass is 469 g/mol. The number of nitrogens with one attached hydrogen (secondary N) is 2. The third kappa shape index (κ3) is 3.54. The minimum atomic E-state index is -0.0414. The Hall–Kier alpha value is -2.58. The molecule has 8 heteroatoms. The molecule has 2 aromatic heterocycles. The van der Waals surface area contributed by atoms with Crippen molar-refractivity contribution in [1.82, 2.24) is 24.0 Å². The van der Waals surface area contributed by atoms with Crippen LogP contribution in [0, 0.1) is 0 Å². The molecule has 30 heavy (non-hydrogen) atoms. The minimum absolute atomic E-state index is 0.0275. The number of hydrogen-bond acceptors (Lipinski definition) is 3. The van der Waals surface area contributed by atoms with Crippen LogP contribution in [-0.2, 0) is 6.54 Å². The molecule has 156 valence electrons. The number of halogens is 1. The number of aromatic nitrogens is 4. The van der Waals surface area contributed by atoms with Crippen LogP contribution in [0.3, 0.4) is 0 Å². The van der Waals surface area contributed by atoms with Crippen molar-refractivity contribution in [1.29, 1.82) is 0 Å². The highest BCUT2D eigenvalue weighted by atomic mass is 79.9. The van der Waals surface area contributed by atoms with Crippen molar-refractivity contribution < 1.29 is 0 Å². The second-order valence-corrected chi connectivity index (χ2v) is 8.90. The van der Waals surface area contributed by atoms with Crippen molar-refractivity contribution in [2.24, 2.45) is 0 Å². The number of aromatic amines is 2. The molecule has 1 saturated heterocycles. The second-order valence-electron chi connectivity index (χ2n) is 7.99. The van der Waals surface area contributed by atoms with Crippen LogP contribution in [0.25, 0.3) is 22.1 Å². The molecular weight excluding hydrogens is 446 g/mol. The summed E-state index contributed by atoms with van der Waals surface area (Å²) in [4.78, 5) is 33.1.